The molecule has 92 valence electrons. The highest BCUT2D eigenvalue weighted by Gasteiger charge is 2.37. The summed E-state index contributed by atoms with van der Waals surface area (Å²) >= 11 is 0. The third-order valence-corrected chi connectivity index (χ3v) is 2.90. The fourth-order valence-corrected chi connectivity index (χ4v) is 2.02. The van der Waals surface area contributed by atoms with Crippen LogP contribution in [-0.2, 0) is 14.4 Å². The van der Waals surface area contributed by atoms with E-state index in [2.05, 4.69) is 0 Å². The molecular weight excluding hydrogens is 218 g/mol. The topological polar surface area (TPSA) is 38.8 Å². The largest absolute Gasteiger partial charge is 0.465 e. The van der Waals surface area contributed by atoms with Crippen LogP contribution in [0, 0.1) is 0 Å². The molecule has 0 aromatic heterocycles. The van der Waals surface area contributed by atoms with Crippen LogP contribution in [0.25, 0.3) is 0 Å². The number of esters is 1. The van der Waals surface area contributed by atoms with Gasteiger partial charge >= 0.3 is 5.97 Å². The van der Waals surface area contributed by atoms with E-state index in [0.717, 1.165) is 5.56 Å². The summed E-state index contributed by atoms with van der Waals surface area (Å²) in [5.74, 6) is -0.214. The first kappa shape index (κ1) is 12.1. The number of benzene rings is 1. The van der Waals surface area contributed by atoms with Crippen LogP contribution in [0.1, 0.15) is 25.0 Å². The van der Waals surface area contributed by atoms with Crippen molar-refractivity contribution in [3.8, 4) is 0 Å². The first-order valence-electron chi connectivity index (χ1n) is 5.83. The molecule has 0 aliphatic carbocycles. The summed E-state index contributed by atoms with van der Waals surface area (Å²) in [7, 11) is 1.77. The average molecular weight is 235 g/mol. The average Bonchev–Trinajstić information content (AvgIpc) is 2.73. The van der Waals surface area contributed by atoms with Gasteiger partial charge in [-0.3, -0.25) is 9.63 Å². The quantitative estimate of drug-likeness (QED) is 0.750. The van der Waals surface area contributed by atoms with E-state index in [0.29, 0.717) is 13.0 Å². The maximum absolute atomic E-state index is 11.7. The Kier molecular flexibility index (Phi) is 3.76. The third-order valence-electron chi connectivity index (χ3n) is 2.90. The van der Waals surface area contributed by atoms with Gasteiger partial charge in [0.15, 0.2) is 0 Å². The van der Waals surface area contributed by atoms with Gasteiger partial charge in [0.25, 0.3) is 0 Å². The van der Waals surface area contributed by atoms with Crippen LogP contribution in [-0.4, -0.2) is 30.7 Å². The van der Waals surface area contributed by atoms with Gasteiger partial charge in [-0.15, -0.1) is 0 Å². The summed E-state index contributed by atoms with van der Waals surface area (Å²) in [6.07, 6.45) is 0.579. The SMILES string of the molecule is CCOC(=O)[C@@H]1C[C@H](c2ccccc2)ON1C. The monoisotopic (exact) mass is 235 g/mol. The minimum atomic E-state index is -0.305. The van der Waals surface area contributed by atoms with Gasteiger partial charge in [-0.25, -0.2) is 0 Å². The van der Waals surface area contributed by atoms with E-state index >= 15 is 0 Å². The van der Waals surface area contributed by atoms with Crippen LogP contribution < -0.4 is 0 Å². The Hall–Kier alpha value is -1.39. The van der Waals surface area contributed by atoms with Crippen molar-refractivity contribution in [3.05, 3.63) is 35.9 Å². The lowest BCUT2D eigenvalue weighted by atomic mass is 10.0. The highest BCUT2D eigenvalue weighted by molar-refractivity contribution is 5.75. The fourth-order valence-electron chi connectivity index (χ4n) is 2.02. The van der Waals surface area contributed by atoms with E-state index in [9.17, 15) is 4.79 Å². The van der Waals surface area contributed by atoms with Crippen LogP contribution in [0.15, 0.2) is 30.3 Å². The summed E-state index contributed by atoms with van der Waals surface area (Å²) in [6, 6.07) is 9.61. The number of ether oxygens (including phenoxy) is 1. The van der Waals surface area contributed by atoms with Gasteiger partial charge < -0.3 is 4.74 Å². The van der Waals surface area contributed by atoms with E-state index in [-0.39, 0.29) is 18.1 Å². The van der Waals surface area contributed by atoms with Gasteiger partial charge in [-0.1, -0.05) is 30.3 Å². The third kappa shape index (κ3) is 2.65. The molecule has 17 heavy (non-hydrogen) atoms. The van der Waals surface area contributed by atoms with E-state index in [1.807, 2.05) is 37.3 Å². The van der Waals surface area contributed by atoms with Gasteiger partial charge in [-0.05, 0) is 12.5 Å². The predicted molar refractivity (Wildman–Crippen MR) is 63.1 cm³/mol. The van der Waals surface area contributed by atoms with Crippen LogP contribution in [0.5, 0.6) is 0 Å². The molecule has 4 heteroatoms. The maximum atomic E-state index is 11.7. The molecular formula is C13H17NO3. The second kappa shape index (κ2) is 5.29. The molecule has 0 spiro atoms. The second-order valence-corrected chi connectivity index (χ2v) is 4.05. The number of likely N-dealkylation sites (N-methyl/N-ethyl adjacent to an activating group) is 1. The number of rotatable bonds is 3. The predicted octanol–water partition coefficient (Wildman–Crippen LogP) is 1.93. The van der Waals surface area contributed by atoms with Crippen molar-refractivity contribution >= 4 is 5.97 Å². The van der Waals surface area contributed by atoms with Crippen molar-refractivity contribution in [1.82, 2.24) is 5.06 Å². The van der Waals surface area contributed by atoms with E-state index in [1.54, 1.807) is 12.1 Å². The maximum Gasteiger partial charge on any atom is 0.325 e. The molecule has 1 saturated heterocycles. The number of carbonyl (C=O) groups excluding carboxylic acids is 1. The van der Waals surface area contributed by atoms with Gasteiger partial charge in [0.1, 0.15) is 12.1 Å². The first-order chi connectivity index (χ1) is 8.22. The fraction of sp³-hybridized carbons (Fsp3) is 0.462. The minimum absolute atomic E-state index is 0.0596. The molecule has 1 aliphatic rings. The molecule has 1 heterocycles. The van der Waals surface area contributed by atoms with E-state index < -0.39 is 0 Å². The number of carbonyl (C=O) groups is 1. The first-order valence-corrected chi connectivity index (χ1v) is 5.83. The molecule has 0 radical (unpaired) electrons. The Labute approximate surface area is 101 Å². The molecule has 1 aromatic rings. The lowest BCUT2D eigenvalue weighted by Gasteiger charge is -2.15. The molecule has 1 fully saturated rings. The molecule has 2 rings (SSSR count). The molecule has 4 nitrogen and oxygen atoms in total. The summed E-state index contributed by atoms with van der Waals surface area (Å²) < 4.78 is 5.02. The Balaban J connectivity index is 2.04. The van der Waals surface area contributed by atoms with E-state index in [4.69, 9.17) is 9.57 Å². The molecule has 0 unspecified atom stereocenters. The smallest absolute Gasteiger partial charge is 0.325 e. The Morgan fingerprint density at radius 2 is 2.18 bits per heavy atom. The zero-order chi connectivity index (χ0) is 12.3. The molecule has 0 saturated carbocycles. The van der Waals surface area contributed by atoms with Crippen molar-refractivity contribution in [2.45, 2.75) is 25.5 Å². The molecule has 1 aliphatic heterocycles. The molecule has 0 bridgehead atoms. The minimum Gasteiger partial charge on any atom is -0.465 e. The lowest BCUT2D eigenvalue weighted by Crippen LogP contribution is -2.33. The molecule has 1 aromatic carbocycles. The van der Waals surface area contributed by atoms with Crippen molar-refractivity contribution in [2.24, 2.45) is 0 Å². The Morgan fingerprint density at radius 3 is 2.82 bits per heavy atom. The van der Waals surface area contributed by atoms with Crippen molar-refractivity contribution in [1.29, 1.82) is 0 Å². The summed E-state index contributed by atoms with van der Waals surface area (Å²) in [5.41, 5.74) is 1.09. The highest BCUT2D eigenvalue weighted by atomic mass is 16.7. The standard InChI is InChI=1S/C13H17NO3/c1-3-16-13(15)11-9-12(17-14(11)2)10-7-5-4-6-8-10/h4-8,11-12H,3,9H2,1-2H3/t11-,12+/m0/s1. The number of nitrogens with zero attached hydrogens (tertiary/aromatic N) is 1. The Morgan fingerprint density at radius 1 is 1.47 bits per heavy atom. The lowest BCUT2D eigenvalue weighted by molar-refractivity contribution is -0.172. The zero-order valence-electron chi connectivity index (χ0n) is 10.1. The van der Waals surface area contributed by atoms with Crippen molar-refractivity contribution < 1.29 is 14.4 Å². The summed E-state index contributed by atoms with van der Waals surface area (Å²) in [5, 5.41) is 1.59. The van der Waals surface area contributed by atoms with E-state index in [1.165, 1.54) is 0 Å². The molecule has 0 N–H and O–H groups in total. The van der Waals surface area contributed by atoms with Gasteiger partial charge in [-0.2, -0.15) is 5.06 Å². The van der Waals surface area contributed by atoms with Gasteiger partial charge in [0, 0.05) is 13.5 Å². The van der Waals surface area contributed by atoms with Crippen molar-refractivity contribution in [2.75, 3.05) is 13.7 Å². The second-order valence-electron chi connectivity index (χ2n) is 4.05. The van der Waals surface area contributed by atoms with Crippen LogP contribution in [0.4, 0.5) is 0 Å². The summed E-state index contributed by atoms with van der Waals surface area (Å²) in [4.78, 5) is 17.3. The molecule has 2 atom stereocenters. The van der Waals surface area contributed by atoms with Gasteiger partial charge in [0.2, 0.25) is 0 Å². The van der Waals surface area contributed by atoms with Crippen LogP contribution in [0.3, 0.4) is 0 Å². The normalized spacial score (nSPS) is 24.8. The van der Waals surface area contributed by atoms with Crippen LogP contribution >= 0.6 is 0 Å². The number of hydrogen-bond acceptors (Lipinski definition) is 4. The summed E-state index contributed by atoms with van der Waals surface area (Å²) in [6.45, 7) is 2.21. The van der Waals surface area contributed by atoms with Crippen molar-refractivity contribution in [3.63, 3.8) is 0 Å². The van der Waals surface area contributed by atoms with Gasteiger partial charge in [0.05, 0.1) is 6.61 Å². The van der Waals surface area contributed by atoms with Crippen LogP contribution in [0.2, 0.25) is 0 Å². The number of hydroxylamine groups is 2. The number of hydrogen-bond donors (Lipinski definition) is 0. The highest BCUT2D eigenvalue weighted by Crippen LogP contribution is 2.32. The zero-order valence-corrected chi connectivity index (χ0v) is 10.1. The molecule has 0 amide bonds. The Bertz CT molecular complexity index is 380.